The number of hydrogen-bond acceptors (Lipinski definition) is 1. The molecule has 1 unspecified atom stereocenters. The van der Waals surface area contributed by atoms with Gasteiger partial charge in [0, 0.05) is 18.9 Å². The molecule has 0 spiro atoms. The van der Waals surface area contributed by atoms with Crippen LogP contribution in [0.1, 0.15) is 58.3 Å². The Bertz CT molecular complexity index is 228. The molecule has 2 rings (SSSR count). The topological polar surface area (TPSA) is 12.0 Å². The third kappa shape index (κ3) is 3.40. The minimum atomic E-state index is -2.38. The number of hydrogen-bond donors (Lipinski definition) is 1. The lowest BCUT2D eigenvalue weighted by Crippen LogP contribution is -2.47. The smallest absolute Gasteiger partial charge is 0.248 e. The number of nitrogens with one attached hydrogen (secondary N) is 1. The van der Waals surface area contributed by atoms with Crippen LogP contribution < -0.4 is 5.32 Å². The molecule has 100 valence electrons. The van der Waals surface area contributed by atoms with Crippen molar-refractivity contribution >= 4 is 0 Å². The first-order chi connectivity index (χ1) is 8.12. The summed E-state index contributed by atoms with van der Waals surface area (Å²) in [4.78, 5) is 0. The molecule has 0 saturated heterocycles. The zero-order valence-electron chi connectivity index (χ0n) is 10.9. The molecule has 1 N–H and O–H groups in total. The van der Waals surface area contributed by atoms with Crippen molar-refractivity contribution in [1.82, 2.24) is 5.32 Å². The largest absolute Gasteiger partial charge is 0.313 e. The van der Waals surface area contributed by atoms with E-state index in [-0.39, 0.29) is 12.8 Å². The third-order valence-electron chi connectivity index (χ3n) is 4.56. The number of halogens is 2. The Morgan fingerprint density at radius 3 is 2.18 bits per heavy atom. The van der Waals surface area contributed by atoms with Crippen molar-refractivity contribution in [3.63, 3.8) is 0 Å². The van der Waals surface area contributed by atoms with Gasteiger partial charge in [-0.25, -0.2) is 8.78 Å². The van der Waals surface area contributed by atoms with Gasteiger partial charge in [-0.15, -0.1) is 0 Å². The molecular formula is C14H25F2N. The minimum Gasteiger partial charge on any atom is -0.313 e. The number of alkyl halides is 2. The van der Waals surface area contributed by atoms with Crippen LogP contribution >= 0.6 is 0 Å². The zero-order valence-corrected chi connectivity index (χ0v) is 10.9. The van der Waals surface area contributed by atoms with E-state index in [0.29, 0.717) is 24.8 Å². The van der Waals surface area contributed by atoms with Gasteiger partial charge in [-0.2, -0.15) is 0 Å². The fraction of sp³-hybridized carbons (Fsp3) is 1.00. The van der Waals surface area contributed by atoms with Crippen LogP contribution in [0.3, 0.4) is 0 Å². The fourth-order valence-corrected chi connectivity index (χ4v) is 3.25. The Labute approximate surface area is 103 Å². The molecule has 0 bridgehead atoms. The van der Waals surface area contributed by atoms with Crippen molar-refractivity contribution in [3.8, 4) is 0 Å². The normalized spacial score (nSPS) is 27.7. The molecule has 2 saturated carbocycles. The standard InChI is InChI=1S/C14H25F2N/c1-2-10-17-13(11-4-3-5-11)12-6-8-14(15,16)9-7-12/h11-13,17H,2-10H2,1H3. The SMILES string of the molecule is CCCNC(C1CCC1)C1CCC(F)(F)CC1. The lowest BCUT2D eigenvalue weighted by molar-refractivity contribution is -0.0539. The highest BCUT2D eigenvalue weighted by atomic mass is 19.3. The van der Waals surface area contributed by atoms with E-state index in [1.165, 1.54) is 19.3 Å². The van der Waals surface area contributed by atoms with Gasteiger partial charge in [-0.3, -0.25) is 0 Å². The van der Waals surface area contributed by atoms with E-state index in [2.05, 4.69) is 12.2 Å². The van der Waals surface area contributed by atoms with Crippen LogP contribution in [-0.4, -0.2) is 18.5 Å². The summed E-state index contributed by atoms with van der Waals surface area (Å²) in [6, 6.07) is 0.514. The van der Waals surface area contributed by atoms with E-state index in [0.717, 1.165) is 18.9 Å². The summed E-state index contributed by atoms with van der Waals surface area (Å²) < 4.78 is 26.3. The summed E-state index contributed by atoms with van der Waals surface area (Å²) in [6.07, 6.45) is 6.70. The van der Waals surface area contributed by atoms with Gasteiger partial charge in [0.15, 0.2) is 0 Å². The average Bonchev–Trinajstić information content (AvgIpc) is 2.22. The Hall–Kier alpha value is -0.180. The zero-order chi connectivity index (χ0) is 12.3. The fourth-order valence-electron chi connectivity index (χ4n) is 3.25. The first-order valence-corrected chi connectivity index (χ1v) is 7.23. The summed E-state index contributed by atoms with van der Waals surface area (Å²) >= 11 is 0. The van der Waals surface area contributed by atoms with Crippen molar-refractivity contribution in [2.45, 2.75) is 70.3 Å². The molecule has 0 aromatic carbocycles. The van der Waals surface area contributed by atoms with Gasteiger partial charge >= 0.3 is 0 Å². The molecule has 2 fully saturated rings. The summed E-state index contributed by atoms with van der Waals surface area (Å²) in [5, 5.41) is 3.62. The van der Waals surface area contributed by atoms with Crippen molar-refractivity contribution in [1.29, 1.82) is 0 Å². The molecular weight excluding hydrogens is 220 g/mol. The van der Waals surface area contributed by atoms with Crippen LogP contribution in [-0.2, 0) is 0 Å². The molecule has 0 aliphatic heterocycles. The molecule has 1 nitrogen and oxygen atoms in total. The maximum atomic E-state index is 13.2. The lowest BCUT2D eigenvalue weighted by atomic mass is 9.70. The predicted octanol–water partition coefficient (Wildman–Crippen LogP) is 3.98. The van der Waals surface area contributed by atoms with E-state index >= 15 is 0 Å². The maximum absolute atomic E-state index is 13.2. The molecule has 3 heteroatoms. The van der Waals surface area contributed by atoms with Crippen LogP contribution in [0.5, 0.6) is 0 Å². The molecule has 0 amide bonds. The molecule has 1 atom stereocenters. The minimum absolute atomic E-state index is 0.106. The quantitative estimate of drug-likeness (QED) is 0.772. The molecule has 2 aliphatic rings. The average molecular weight is 245 g/mol. The summed E-state index contributed by atoms with van der Waals surface area (Å²) in [6.45, 7) is 3.20. The second kappa shape index (κ2) is 5.64. The Morgan fingerprint density at radius 1 is 1.12 bits per heavy atom. The molecule has 17 heavy (non-hydrogen) atoms. The molecule has 0 aromatic heterocycles. The molecule has 0 heterocycles. The van der Waals surface area contributed by atoms with Crippen LogP contribution in [0, 0.1) is 11.8 Å². The van der Waals surface area contributed by atoms with Crippen LogP contribution in [0.25, 0.3) is 0 Å². The van der Waals surface area contributed by atoms with Gasteiger partial charge < -0.3 is 5.32 Å². The van der Waals surface area contributed by atoms with Gasteiger partial charge in [-0.1, -0.05) is 13.3 Å². The van der Waals surface area contributed by atoms with E-state index in [1.807, 2.05) is 0 Å². The Kier molecular flexibility index (Phi) is 4.40. The highest BCUT2D eigenvalue weighted by Gasteiger charge is 2.40. The first kappa shape index (κ1) is 13.3. The lowest BCUT2D eigenvalue weighted by Gasteiger charge is -2.42. The third-order valence-corrected chi connectivity index (χ3v) is 4.56. The summed E-state index contributed by atoms with van der Waals surface area (Å²) in [5.74, 6) is -1.13. The van der Waals surface area contributed by atoms with Crippen molar-refractivity contribution in [2.24, 2.45) is 11.8 Å². The van der Waals surface area contributed by atoms with Gasteiger partial charge in [-0.05, 0) is 50.5 Å². The van der Waals surface area contributed by atoms with Gasteiger partial charge in [0.25, 0.3) is 0 Å². The molecule has 2 aliphatic carbocycles. The predicted molar refractivity (Wildman–Crippen MR) is 66.3 cm³/mol. The Balaban J connectivity index is 1.87. The summed E-state index contributed by atoms with van der Waals surface area (Å²) in [7, 11) is 0. The van der Waals surface area contributed by atoms with Crippen LogP contribution in [0.2, 0.25) is 0 Å². The van der Waals surface area contributed by atoms with E-state index in [1.54, 1.807) is 0 Å². The van der Waals surface area contributed by atoms with Crippen LogP contribution in [0.4, 0.5) is 8.78 Å². The highest BCUT2D eigenvalue weighted by Crippen LogP contribution is 2.42. The van der Waals surface area contributed by atoms with E-state index < -0.39 is 5.92 Å². The van der Waals surface area contributed by atoms with Crippen molar-refractivity contribution in [2.75, 3.05) is 6.54 Å². The van der Waals surface area contributed by atoms with E-state index in [9.17, 15) is 8.78 Å². The highest BCUT2D eigenvalue weighted by molar-refractivity contribution is 4.91. The van der Waals surface area contributed by atoms with Gasteiger partial charge in [0.2, 0.25) is 5.92 Å². The van der Waals surface area contributed by atoms with E-state index in [4.69, 9.17) is 0 Å². The number of rotatable bonds is 5. The van der Waals surface area contributed by atoms with Crippen molar-refractivity contribution < 1.29 is 8.78 Å². The maximum Gasteiger partial charge on any atom is 0.248 e. The van der Waals surface area contributed by atoms with Crippen molar-refractivity contribution in [3.05, 3.63) is 0 Å². The summed E-state index contributed by atoms with van der Waals surface area (Å²) in [5.41, 5.74) is 0. The first-order valence-electron chi connectivity index (χ1n) is 7.23. The Morgan fingerprint density at radius 2 is 1.71 bits per heavy atom. The second-order valence-electron chi connectivity index (χ2n) is 5.86. The molecule has 0 aromatic rings. The van der Waals surface area contributed by atoms with Gasteiger partial charge in [0.1, 0.15) is 0 Å². The van der Waals surface area contributed by atoms with Crippen LogP contribution in [0.15, 0.2) is 0 Å². The molecule has 0 radical (unpaired) electrons. The monoisotopic (exact) mass is 245 g/mol. The van der Waals surface area contributed by atoms with Gasteiger partial charge in [0.05, 0.1) is 0 Å². The second-order valence-corrected chi connectivity index (χ2v) is 5.86.